The number of nitrogens with zero attached hydrogens (tertiary/aromatic N) is 2. The monoisotopic (exact) mass is 390 g/mol. The van der Waals surface area contributed by atoms with Crippen molar-refractivity contribution in [2.75, 3.05) is 54.1 Å². The summed E-state index contributed by atoms with van der Waals surface area (Å²) in [5, 5.41) is 6.77. The third kappa shape index (κ3) is 6.71. The summed E-state index contributed by atoms with van der Waals surface area (Å²) in [6.07, 6.45) is 1.05. The molecule has 1 heterocycles. The maximum Gasteiger partial charge on any atom is 0.243 e. The number of guanidine groups is 1. The molecule has 1 saturated heterocycles. The number of carbonyl (C=O) groups excluding carboxylic acids is 1. The van der Waals surface area contributed by atoms with Crippen LogP contribution in [0, 0.1) is 5.92 Å². The fourth-order valence-corrected chi connectivity index (χ4v) is 2.90. The molecule has 0 spiro atoms. The second kappa shape index (κ2) is 10.3. The molecule has 1 aromatic rings. The molecule has 1 amide bonds. The van der Waals surface area contributed by atoms with Crippen molar-refractivity contribution < 1.29 is 14.3 Å². The van der Waals surface area contributed by atoms with Crippen LogP contribution in [0.25, 0.3) is 0 Å². The van der Waals surface area contributed by atoms with Crippen molar-refractivity contribution in [2.45, 2.75) is 25.7 Å². The predicted molar refractivity (Wildman–Crippen MR) is 112 cm³/mol. The van der Waals surface area contributed by atoms with Gasteiger partial charge in [-0.2, -0.15) is 0 Å². The number of hydrogen-bond donors (Lipinski definition) is 2. The average Bonchev–Trinajstić information content (AvgIpc) is 3.20. The van der Waals surface area contributed by atoms with Crippen LogP contribution in [0.15, 0.2) is 29.3 Å². The number of methoxy groups -OCH3 is 1. The van der Waals surface area contributed by atoms with Gasteiger partial charge in [-0.15, -0.1) is 0 Å². The zero-order chi connectivity index (χ0) is 20.6. The number of ether oxygens (including phenoxy) is 2. The second-order valence-electron chi connectivity index (χ2n) is 8.03. The normalized spacial score (nSPS) is 17.3. The van der Waals surface area contributed by atoms with Crippen LogP contribution in [0.5, 0.6) is 5.75 Å². The van der Waals surface area contributed by atoms with Crippen molar-refractivity contribution in [1.29, 1.82) is 0 Å². The van der Waals surface area contributed by atoms with Crippen molar-refractivity contribution in [1.82, 2.24) is 15.5 Å². The van der Waals surface area contributed by atoms with Gasteiger partial charge in [0.05, 0.1) is 13.7 Å². The molecule has 1 aliphatic heterocycles. The zero-order valence-corrected chi connectivity index (χ0v) is 17.7. The molecule has 1 atom stereocenters. The molecule has 0 bridgehead atoms. The molecule has 0 radical (unpaired) electrons. The van der Waals surface area contributed by atoms with Crippen LogP contribution in [0.1, 0.15) is 25.8 Å². The van der Waals surface area contributed by atoms with Crippen molar-refractivity contribution in [2.24, 2.45) is 10.9 Å². The van der Waals surface area contributed by atoms with E-state index in [1.807, 2.05) is 12.1 Å². The summed E-state index contributed by atoms with van der Waals surface area (Å²) in [6, 6.07) is 8.09. The molecule has 156 valence electrons. The van der Waals surface area contributed by atoms with Gasteiger partial charge in [-0.05, 0) is 24.1 Å². The van der Waals surface area contributed by atoms with Crippen LogP contribution in [0.3, 0.4) is 0 Å². The predicted octanol–water partition coefficient (Wildman–Crippen LogP) is 1.63. The number of carbonyl (C=O) groups is 1. The number of benzene rings is 1. The van der Waals surface area contributed by atoms with Gasteiger partial charge in [0.2, 0.25) is 5.91 Å². The number of amides is 1. The average molecular weight is 391 g/mol. The van der Waals surface area contributed by atoms with Crippen LogP contribution in [0.2, 0.25) is 0 Å². The van der Waals surface area contributed by atoms with Gasteiger partial charge >= 0.3 is 0 Å². The molecule has 2 N–H and O–H groups in total. The first kappa shape index (κ1) is 22.0. The Hall–Kier alpha value is -2.28. The molecule has 0 aliphatic carbocycles. The van der Waals surface area contributed by atoms with Crippen molar-refractivity contribution in [3.63, 3.8) is 0 Å². The minimum Gasteiger partial charge on any atom is -0.497 e. The molecular weight excluding hydrogens is 356 g/mol. The van der Waals surface area contributed by atoms with E-state index in [1.165, 1.54) is 5.56 Å². The maximum absolute atomic E-state index is 11.9. The van der Waals surface area contributed by atoms with E-state index < -0.39 is 0 Å². The topological polar surface area (TPSA) is 75.2 Å². The third-order valence-corrected chi connectivity index (χ3v) is 5.00. The zero-order valence-electron chi connectivity index (χ0n) is 17.7. The SMILES string of the molecule is COc1cccc(C(C)(C)CNC(=NCC(=O)N(C)C)NCC2CCOC2)c1. The van der Waals surface area contributed by atoms with Gasteiger partial charge in [0, 0.05) is 45.1 Å². The van der Waals surface area contributed by atoms with Gasteiger partial charge in [-0.3, -0.25) is 4.79 Å². The first-order valence-electron chi connectivity index (χ1n) is 9.76. The van der Waals surface area contributed by atoms with E-state index in [2.05, 4.69) is 41.6 Å². The number of nitrogens with one attached hydrogen (secondary N) is 2. The number of aliphatic imine (C=N–C) groups is 1. The lowest BCUT2D eigenvalue weighted by molar-refractivity contribution is -0.127. The van der Waals surface area contributed by atoms with Crippen LogP contribution < -0.4 is 15.4 Å². The van der Waals surface area contributed by atoms with Gasteiger partial charge in [0.15, 0.2) is 5.96 Å². The lowest BCUT2D eigenvalue weighted by Crippen LogP contribution is -2.45. The van der Waals surface area contributed by atoms with Crippen LogP contribution in [0.4, 0.5) is 0 Å². The van der Waals surface area contributed by atoms with Gasteiger partial charge in [0.25, 0.3) is 0 Å². The Labute approximate surface area is 168 Å². The highest BCUT2D eigenvalue weighted by Crippen LogP contribution is 2.25. The Morgan fingerprint density at radius 3 is 2.79 bits per heavy atom. The fraction of sp³-hybridized carbons (Fsp3) is 0.619. The Balaban J connectivity index is 2.02. The van der Waals surface area contributed by atoms with Crippen molar-refractivity contribution in [3.05, 3.63) is 29.8 Å². The van der Waals surface area contributed by atoms with E-state index >= 15 is 0 Å². The molecule has 1 unspecified atom stereocenters. The second-order valence-corrected chi connectivity index (χ2v) is 8.03. The summed E-state index contributed by atoms with van der Waals surface area (Å²) in [5.41, 5.74) is 1.03. The van der Waals surface area contributed by atoms with E-state index in [1.54, 1.807) is 26.1 Å². The lowest BCUT2D eigenvalue weighted by Gasteiger charge is -2.27. The fourth-order valence-electron chi connectivity index (χ4n) is 2.90. The summed E-state index contributed by atoms with van der Waals surface area (Å²) in [4.78, 5) is 18.0. The van der Waals surface area contributed by atoms with Crippen LogP contribution in [-0.4, -0.2) is 70.8 Å². The minimum atomic E-state index is -0.140. The van der Waals surface area contributed by atoms with Gasteiger partial charge in [-0.1, -0.05) is 26.0 Å². The summed E-state index contributed by atoms with van der Waals surface area (Å²) in [5.74, 6) is 1.94. The van der Waals surface area contributed by atoms with Crippen molar-refractivity contribution >= 4 is 11.9 Å². The van der Waals surface area contributed by atoms with Gasteiger partial charge in [0.1, 0.15) is 12.3 Å². The standard InChI is InChI=1S/C21H34N4O3/c1-21(2,17-7-6-8-18(11-17)27-5)15-24-20(23-13-19(26)25(3)4)22-12-16-9-10-28-14-16/h6-8,11,16H,9-10,12-15H2,1-5H3,(H2,22,23,24). The molecule has 28 heavy (non-hydrogen) atoms. The highest BCUT2D eigenvalue weighted by atomic mass is 16.5. The third-order valence-electron chi connectivity index (χ3n) is 5.00. The lowest BCUT2D eigenvalue weighted by atomic mass is 9.84. The maximum atomic E-state index is 11.9. The van der Waals surface area contributed by atoms with E-state index in [-0.39, 0.29) is 17.9 Å². The largest absolute Gasteiger partial charge is 0.497 e. The smallest absolute Gasteiger partial charge is 0.243 e. The molecule has 1 aliphatic rings. The molecule has 1 aromatic carbocycles. The van der Waals surface area contributed by atoms with E-state index in [4.69, 9.17) is 9.47 Å². The Morgan fingerprint density at radius 1 is 1.36 bits per heavy atom. The number of likely N-dealkylation sites (N-methyl/N-ethyl adjacent to an activating group) is 1. The Morgan fingerprint density at radius 2 is 2.14 bits per heavy atom. The quantitative estimate of drug-likeness (QED) is 0.521. The van der Waals surface area contributed by atoms with E-state index in [0.717, 1.165) is 31.9 Å². The number of rotatable bonds is 8. The Kier molecular flexibility index (Phi) is 8.11. The molecule has 1 fully saturated rings. The summed E-state index contributed by atoms with van der Waals surface area (Å²) < 4.78 is 10.8. The first-order valence-corrected chi connectivity index (χ1v) is 9.76. The van der Waals surface area contributed by atoms with E-state index in [9.17, 15) is 4.79 Å². The molecule has 0 saturated carbocycles. The molecule has 7 nitrogen and oxygen atoms in total. The van der Waals surface area contributed by atoms with Gasteiger partial charge in [-0.25, -0.2) is 4.99 Å². The van der Waals surface area contributed by atoms with Crippen LogP contribution >= 0.6 is 0 Å². The highest BCUT2D eigenvalue weighted by molar-refractivity contribution is 5.84. The van der Waals surface area contributed by atoms with E-state index in [0.29, 0.717) is 18.4 Å². The molecule has 0 aromatic heterocycles. The van der Waals surface area contributed by atoms with Crippen LogP contribution in [-0.2, 0) is 14.9 Å². The number of hydrogen-bond acceptors (Lipinski definition) is 4. The summed E-state index contributed by atoms with van der Waals surface area (Å²) in [7, 11) is 5.15. The molecule has 2 rings (SSSR count). The minimum absolute atomic E-state index is 0.0302. The summed E-state index contributed by atoms with van der Waals surface area (Å²) >= 11 is 0. The first-order chi connectivity index (χ1) is 13.3. The van der Waals surface area contributed by atoms with Gasteiger partial charge < -0.3 is 25.0 Å². The van der Waals surface area contributed by atoms with Crippen molar-refractivity contribution in [3.8, 4) is 5.75 Å². The molecular formula is C21H34N4O3. The highest BCUT2D eigenvalue weighted by Gasteiger charge is 2.22. The summed E-state index contributed by atoms with van der Waals surface area (Å²) in [6.45, 7) is 7.48. The Bertz CT molecular complexity index is 667. The molecule has 7 heteroatoms.